The van der Waals surface area contributed by atoms with Crippen LogP contribution in [-0.4, -0.2) is 6.54 Å². The molecule has 100 valence electrons. The number of hydrogen-bond acceptors (Lipinski definition) is 2. The van der Waals surface area contributed by atoms with Crippen LogP contribution >= 0.6 is 0 Å². The summed E-state index contributed by atoms with van der Waals surface area (Å²) in [7, 11) is 0. The molecule has 19 heavy (non-hydrogen) atoms. The zero-order valence-electron chi connectivity index (χ0n) is 11.2. The first kappa shape index (κ1) is 13.6. The van der Waals surface area contributed by atoms with Gasteiger partial charge in [-0.2, -0.15) is 0 Å². The van der Waals surface area contributed by atoms with E-state index >= 15 is 0 Å². The van der Waals surface area contributed by atoms with Gasteiger partial charge in [0.25, 0.3) is 0 Å². The van der Waals surface area contributed by atoms with E-state index in [1.165, 1.54) is 17.7 Å². The van der Waals surface area contributed by atoms with E-state index in [1.54, 1.807) is 6.07 Å². The van der Waals surface area contributed by atoms with Crippen LogP contribution in [0.25, 0.3) is 0 Å². The molecule has 2 aromatic rings. The zero-order valence-corrected chi connectivity index (χ0v) is 11.2. The standard InChI is InChI=1S/C16H18FNO/c1-11-6-7-15(12(2)8-11)19-16(10-18)13-4-3-5-14(17)9-13/h3-9,16H,10,18H2,1-2H3. The first-order valence-electron chi connectivity index (χ1n) is 6.29. The van der Waals surface area contributed by atoms with Crippen LogP contribution in [0.15, 0.2) is 42.5 Å². The van der Waals surface area contributed by atoms with E-state index in [9.17, 15) is 4.39 Å². The summed E-state index contributed by atoms with van der Waals surface area (Å²) in [6.45, 7) is 4.32. The molecule has 0 aliphatic heterocycles. The Balaban J connectivity index is 2.24. The van der Waals surface area contributed by atoms with Crippen molar-refractivity contribution < 1.29 is 9.13 Å². The second-order valence-electron chi connectivity index (χ2n) is 4.67. The van der Waals surface area contributed by atoms with Crippen LogP contribution in [0, 0.1) is 19.7 Å². The number of rotatable bonds is 4. The van der Waals surface area contributed by atoms with Gasteiger partial charge in [-0.1, -0.05) is 29.8 Å². The smallest absolute Gasteiger partial charge is 0.136 e. The van der Waals surface area contributed by atoms with Gasteiger partial charge in [0.05, 0.1) is 0 Å². The Morgan fingerprint density at radius 2 is 1.95 bits per heavy atom. The van der Waals surface area contributed by atoms with Gasteiger partial charge in [0.1, 0.15) is 17.7 Å². The predicted molar refractivity (Wildman–Crippen MR) is 74.7 cm³/mol. The third-order valence-corrected chi connectivity index (χ3v) is 3.03. The van der Waals surface area contributed by atoms with E-state index in [2.05, 4.69) is 6.07 Å². The molecule has 0 aliphatic carbocycles. The molecule has 2 nitrogen and oxygen atoms in total. The summed E-state index contributed by atoms with van der Waals surface area (Å²) in [5, 5.41) is 0. The lowest BCUT2D eigenvalue weighted by atomic mass is 10.1. The molecule has 0 saturated carbocycles. The average Bonchev–Trinajstić information content (AvgIpc) is 2.38. The zero-order chi connectivity index (χ0) is 13.8. The minimum absolute atomic E-state index is 0.278. The lowest BCUT2D eigenvalue weighted by Gasteiger charge is -2.19. The van der Waals surface area contributed by atoms with Crippen LogP contribution in [0.4, 0.5) is 4.39 Å². The van der Waals surface area contributed by atoms with Crippen molar-refractivity contribution in [2.75, 3.05) is 6.54 Å². The summed E-state index contributed by atoms with van der Waals surface area (Å²) in [6.07, 6.45) is -0.336. The van der Waals surface area contributed by atoms with Crippen LogP contribution in [0.3, 0.4) is 0 Å². The molecule has 3 heteroatoms. The Hall–Kier alpha value is -1.87. The van der Waals surface area contributed by atoms with Gasteiger partial charge < -0.3 is 10.5 Å². The van der Waals surface area contributed by atoms with Crippen LogP contribution in [-0.2, 0) is 0 Å². The van der Waals surface area contributed by atoms with Crippen molar-refractivity contribution in [3.8, 4) is 5.75 Å². The van der Waals surface area contributed by atoms with Gasteiger partial charge in [-0.15, -0.1) is 0 Å². The minimum atomic E-state index is -0.336. The lowest BCUT2D eigenvalue weighted by molar-refractivity contribution is 0.212. The number of benzene rings is 2. The van der Waals surface area contributed by atoms with Gasteiger partial charge in [0, 0.05) is 6.54 Å². The number of ether oxygens (including phenoxy) is 1. The maximum absolute atomic E-state index is 13.2. The van der Waals surface area contributed by atoms with Crippen molar-refractivity contribution in [2.45, 2.75) is 20.0 Å². The van der Waals surface area contributed by atoms with Gasteiger partial charge in [0.2, 0.25) is 0 Å². The molecule has 2 N–H and O–H groups in total. The number of halogens is 1. The van der Waals surface area contributed by atoms with E-state index in [0.717, 1.165) is 16.9 Å². The lowest BCUT2D eigenvalue weighted by Crippen LogP contribution is -2.19. The molecule has 0 fully saturated rings. The van der Waals surface area contributed by atoms with Crippen molar-refractivity contribution >= 4 is 0 Å². The summed E-state index contributed by atoms with van der Waals surface area (Å²) in [4.78, 5) is 0. The maximum Gasteiger partial charge on any atom is 0.136 e. The minimum Gasteiger partial charge on any atom is -0.484 e. The molecule has 0 spiro atoms. The highest BCUT2D eigenvalue weighted by Gasteiger charge is 2.13. The third kappa shape index (κ3) is 3.32. The number of aryl methyl sites for hydroxylation is 2. The molecule has 0 bridgehead atoms. The summed E-state index contributed by atoms with van der Waals surface area (Å²) in [6, 6.07) is 12.3. The maximum atomic E-state index is 13.2. The fourth-order valence-electron chi connectivity index (χ4n) is 2.04. The largest absolute Gasteiger partial charge is 0.484 e. The molecular formula is C16H18FNO. The summed E-state index contributed by atoms with van der Waals surface area (Å²) in [5.74, 6) is 0.505. The molecule has 2 rings (SSSR count). The molecule has 2 aromatic carbocycles. The van der Waals surface area contributed by atoms with Crippen molar-refractivity contribution in [2.24, 2.45) is 5.73 Å². The predicted octanol–water partition coefficient (Wildman–Crippen LogP) is 3.52. The molecule has 0 aliphatic rings. The molecule has 1 atom stereocenters. The van der Waals surface area contributed by atoms with Crippen LogP contribution < -0.4 is 10.5 Å². The summed E-state index contributed by atoms with van der Waals surface area (Å²) >= 11 is 0. The first-order chi connectivity index (χ1) is 9.10. The third-order valence-electron chi connectivity index (χ3n) is 3.03. The highest BCUT2D eigenvalue weighted by Crippen LogP contribution is 2.25. The Kier molecular flexibility index (Phi) is 4.17. The Labute approximate surface area is 113 Å². The Morgan fingerprint density at radius 3 is 2.58 bits per heavy atom. The second kappa shape index (κ2) is 5.85. The molecule has 0 radical (unpaired) electrons. The van der Waals surface area contributed by atoms with Gasteiger partial charge in [0.15, 0.2) is 0 Å². The Morgan fingerprint density at radius 1 is 1.16 bits per heavy atom. The molecular weight excluding hydrogens is 241 g/mol. The quantitative estimate of drug-likeness (QED) is 0.911. The molecule has 0 aromatic heterocycles. The normalized spacial score (nSPS) is 12.2. The van der Waals surface area contributed by atoms with Crippen LogP contribution in [0.2, 0.25) is 0 Å². The fraction of sp³-hybridized carbons (Fsp3) is 0.250. The molecule has 1 unspecified atom stereocenters. The van der Waals surface area contributed by atoms with Crippen LogP contribution in [0.1, 0.15) is 22.8 Å². The van der Waals surface area contributed by atoms with E-state index in [0.29, 0.717) is 6.54 Å². The topological polar surface area (TPSA) is 35.2 Å². The SMILES string of the molecule is Cc1ccc(OC(CN)c2cccc(F)c2)c(C)c1. The Bertz CT molecular complexity index is 568. The van der Waals surface area contributed by atoms with Gasteiger partial charge in [-0.25, -0.2) is 4.39 Å². The van der Waals surface area contributed by atoms with Gasteiger partial charge in [-0.05, 0) is 43.2 Å². The highest BCUT2D eigenvalue weighted by molar-refractivity contribution is 5.36. The van der Waals surface area contributed by atoms with E-state index in [4.69, 9.17) is 10.5 Å². The fourth-order valence-corrected chi connectivity index (χ4v) is 2.04. The highest BCUT2D eigenvalue weighted by atomic mass is 19.1. The number of nitrogens with two attached hydrogens (primary N) is 1. The van der Waals surface area contributed by atoms with E-state index < -0.39 is 0 Å². The monoisotopic (exact) mass is 259 g/mol. The molecule has 0 saturated heterocycles. The van der Waals surface area contributed by atoms with Crippen LogP contribution in [0.5, 0.6) is 5.75 Å². The second-order valence-corrected chi connectivity index (χ2v) is 4.67. The van der Waals surface area contributed by atoms with Crippen molar-refractivity contribution in [3.05, 3.63) is 65.0 Å². The molecule has 0 heterocycles. The van der Waals surface area contributed by atoms with Gasteiger partial charge >= 0.3 is 0 Å². The first-order valence-corrected chi connectivity index (χ1v) is 6.29. The number of hydrogen-bond donors (Lipinski definition) is 1. The summed E-state index contributed by atoms with van der Waals surface area (Å²) in [5.41, 5.74) is 8.72. The van der Waals surface area contributed by atoms with E-state index in [-0.39, 0.29) is 11.9 Å². The van der Waals surface area contributed by atoms with Crippen molar-refractivity contribution in [1.29, 1.82) is 0 Å². The van der Waals surface area contributed by atoms with Crippen molar-refractivity contribution in [1.82, 2.24) is 0 Å². The molecule has 0 amide bonds. The van der Waals surface area contributed by atoms with Crippen molar-refractivity contribution in [3.63, 3.8) is 0 Å². The van der Waals surface area contributed by atoms with E-state index in [1.807, 2.05) is 32.0 Å². The van der Waals surface area contributed by atoms with Gasteiger partial charge in [-0.3, -0.25) is 0 Å². The summed E-state index contributed by atoms with van der Waals surface area (Å²) < 4.78 is 19.1. The average molecular weight is 259 g/mol.